The van der Waals surface area contributed by atoms with Crippen LogP contribution in [0.4, 0.5) is 8.78 Å². The first-order valence-corrected chi connectivity index (χ1v) is 14.0. The average Bonchev–Trinajstić information content (AvgIpc) is 2.84. The van der Waals surface area contributed by atoms with Gasteiger partial charge in [-0.25, -0.2) is 8.78 Å². The SMILES string of the molecule is CCCN(CCC)C(=O)c1cc(C)cc(C(=O)NC(Cc2cc(F)cc(F)c2)C(O)C(O)CCSC)c1. The summed E-state index contributed by atoms with van der Waals surface area (Å²) in [5.41, 5.74) is 1.55. The zero-order valence-electron chi connectivity index (χ0n) is 22.0. The second-order valence-corrected chi connectivity index (χ2v) is 10.3. The fraction of sp³-hybridized carbons (Fsp3) is 0.500. The molecule has 37 heavy (non-hydrogen) atoms. The molecule has 2 amide bonds. The van der Waals surface area contributed by atoms with E-state index in [0.717, 1.165) is 31.0 Å². The topological polar surface area (TPSA) is 89.9 Å². The Bertz CT molecular complexity index is 1030. The van der Waals surface area contributed by atoms with E-state index >= 15 is 0 Å². The lowest BCUT2D eigenvalue weighted by atomic mass is 9.95. The number of halogens is 2. The van der Waals surface area contributed by atoms with E-state index in [2.05, 4.69) is 5.32 Å². The Hall–Kier alpha value is -2.49. The molecule has 6 nitrogen and oxygen atoms in total. The third kappa shape index (κ3) is 9.39. The number of aryl methyl sites for hydroxylation is 1. The number of rotatable bonds is 14. The number of amides is 2. The van der Waals surface area contributed by atoms with Crippen molar-refractivity contribution >= 4 is 23.6 Å². The highest BCUT2D eigenvalue weighted by Crippen LogP contribution is 2.18. The Morgan fingerprint density at radius 3 is 2.14 bits per heavy atom. The van der Waals surface area contributed by atoms with Crippen LogP contribution in [0.2, 0.25) is 0 Å². The van der Waals surface area contributed by atoms with Crippen LogP contribution in [0, 0.1) is 18.6 Å². The van der Waals surface area contributed by atoms with Crippen molar-refractivity contribution in [2.24, 2.45) is 0 Å². The predicted octanol–water partition coefficient (Wildman–Crippen LogP) is 4.35. The van der Waals surface area contributed by atoms with Crippen molar-refractivity contribution in [1.82, 2.24) is 10.2 Å². The number of aliphatic hydroxyl groups is 2. The fourth-order valence-corrected chi connectivity index (χ4v) is 4.72. The molecule has 2 aromatic carbocycles. The molecule has 3 N–H and O–H groups in total. The minimum Gasteiger partial charge on any atom is -0.390 e. The lowest BCUT2D eigenvalue weighted by molar-refractivity contribution is -0.00407. The number of benzene rings is 2. The number of hydrogen-bond acceptors (Lipinski definition) is 5. The minimum absolute atomic E-state index is 0.101. The van der Waals surface area contributed by atoms with Gasteiger partial charge in [-0.3, -0.25) is 9.59 Å². The maximum atomic E-state index is 13.8. The normalized spacial score (nSPS) is 13.6. The lowest BCUT2D eigenvalue weighted by Crippen LogP contribution is -2.50. The second-order valence-electron chi connectivity index (χ2n) is 9.28. The van der Waals surface area contributed by atoms with Gasteiger partial charge in [0.15, 0.2) is 0 Å². The smallest absolute Gasteiger partial charge is 0.253 e. The number of carbonyl (C=O) groups is 2. The van der Waals surface area contributed by atoms with E-state index in [4.69, 9.17) is 0 Å². The molecule has 0 saturated heterocycles. The lowest BCUT2D eigenvalue weighted by Gasteiger charge is -2.28. The summed E-state index contributed by atoms with van der Waals surface area (Å²) in [6.45, 7) is 6.98. The first kappa shape index (κ1) is 30.7. The number of hydrogen-bond donors (Lipinski definition) is 3. The van der Waals surface area contributed by atoms with Crippen LogP contribution in [0.1, 0.15) is 65.0 Å². The van der Waals surface area contributed by atoms with Crippen molar-refractivity contribution in [2.75, 3.05) is 25.1 Å². The van der Waals surface area contributed by atoms with E-state index in [1.54, 1.807) is 24.0 Å². The van der Waals surface area contributed by atoms with Gasteiger partial charge in [-0.05, 0) is 86.1 Å². The van der Waals surface area contributed by atoms with Gasteiger partial charge >= 0.3 is 0 Å². The molecule has 3 atom stereocenters. The summed E-state index contributed by atoms with van der Waals surface area (Å²) in [6, 6.07) is 6.84. The van der Waals surface area contributed by atoms with Gasteiger partial charge in [-0.1, -0.05) is 13.8 Å². The van der Waals surface area contributed by atoms with Gasteiger partial charge in [0.05, 0.1) is 12.1 Å². The fourth-order valence-electron chi connectivity index (χ4n) is 4.24. The summed E-state index contributed by atoms with van der Waals surface area (Å²) in [6.07, 6.45) is 1.14. The molecule has 0 bridgehead atoms. The number of nitrogens with one attached hydrogen (secondary N) is 1. The number of carbonyl (C=O) groups excluding carboxylic acids is 2. The minimum atomic E-state index is -1.38. The zero-order valence-corrected chi connectivity index (χ0v) is 22.8. The second kappa shape index (κ2) is 15.1. The van der Waals surface area contributed by atoms with Crippen LogP contribution in [-0.4, -0.2) is 70.3 Å². The van der Waals surface area contributed by atoms with E-state index in [9.17, 15) is 28.6 Å². The molecule has 204 valence electrons. The summed E-state index contributed by atoms with van der Waals surface area (Å²) in [7, 11) is 0. The predicted molar refractivity (Wildman–Crippen MR) is 144 cm³/mol. The van der Waals surface area contributed by atoms with Crippen LogP contribution in [-0.2, 0) is 6.42 Å². The van der Waals surface area contributed by atoms with Gasteiger partial charge in [0, 0.05) is 30.3 Å². The summed E-state index contributed by atoms with van der Waals surface area (Å²) < 4.78 is 27.6. The Kier molecular flexibility index (Phi) is 12.5. The summed E-state index contributed by atoms with van der Waals surface area (Å²) >= 11 is 1.50. The van der Waals surface area contributed by atoms with E-state index in [-0.39, 0.29) is 29.9 Å². The highest BCUT2D eigenvalue weighted by molar-refractivity contribution is 7.98. The van der Waals surface area contributed by atoms with E-state index in [1.165, 1.54) is 17.8 Å². The molecule has 0 saturated carbocycles. The Morgan fingerprint density at radius 1 is 0.973 bits per heavy atom. The van der Waals surface area contributed by atoms with Crippen LogP contribution in [0.25, 0.3) is 0 Å². The molecule has 0 spiro atoms. The van der Waals surface area contributed by atoms with Crippen molar-refractivity contribution in [2.45, 2.75) is 64.7 Å². The van der Waals surface area contributed by atoms with E-state index in [0.29, 0.717) is 30.0 Å². The van der Waals surface area contributed by atoms with Crippen molar-refractivity contribution in [3.05, 3.63) is 70.3 Å². The third-order valence-electron chi connectivity index (χ3n) is 5.98. The van der Waals surface area contributed by atoms with E-state index in [1.807, 2.05) is 20.1 Å². The van der Waals surface area contributed by atoms with Crippen LogP contribution < -0.4 is 5.32 Å². The van der Waals surface area contributed by atoms with Gasteiger partial charge in [-0.2, -0.15) is 11.8 Å². The molecule has 9 heteroatoms. The maximum Gasteiger partial charge on any atom is 0.253 e. The summed E-state index contributed by atoms with van der Waals surface area (Å²) in [4.78, 5) is 28.2. The van der Waals surface area contributed by atoms with Crippen LogP contribution in [0.15, 0.2) is 36.4 Å². The molecule has 3 unspecified atom stereocenters. The molecule has 0 aromatic heterocycles. The molecular formula is C28H38F2N2O4S. The Morgan fingerprint density at radius 2 is 1.57 bits per heavy atom. The quantitative estimate of drug-likeness (QED) is 0.334. The highest BCUT2D eigenvalue weighted by atomic mass is 32.2. The van der Waals surface area contributed by atoms with E-state index < -0.39 is 35.8 Å². The number of thioether (sulfide) groups is 1. The van der Waals surface area contributed by atoms with Crippen LogP contribution in [0.5, 0.6) is 0 Å². The largest absolute Gasteiger partial charge is 0.390 e. The van der Waals surface area contributed by atoms with Gasteiger partial charge < -0.3 is 20.4 Å². The molecule has 0 aliphatic rings. The van der Waals surface area contributed by atoms with Gasteiger partial charge in [0.1, 0.15) is 17.7 Å². The highest BCUT2D eigenvalue weighted by Gasteiger charge is 2.29. The van der Waals surface area contributed by atoms with Crippen LogP contribution >= 0.6 is 11.8 Å². The molecule has 2 rings (SSSR count). The van der Waals surface area contributed by atoms with Crippen molar-refractivity contribution < 1.29 is 28.6 Å². The maximum absolute atomic E-state index is 13.8. The number of nitrogens with zero attached hydrogens (tertiary/aromatic N) is 1. The molecule has 2 aromatic rings. The first-order valence-electron chi connectivity index (χ1n) is 12.6. The third-order valence-corrected chi connectivity index (χ3v) is 6.62. The zero-order chi connectivity index (χ0) is 27.5. The van der Waals surface area contributed by atoms with Gasteiger partial charge in [0.2, 0.25) is 0 Å². The van der Waals surface area contributed by atoms with Gasteiger partial charge in [-0.15, -0.1) is 0 Å². The van der Waals surface area contributed by atoms with Crippen molar-refractivity contribution in [3.8, 4) is 0 Å². The van der Waals surface area contributed by atoms with Gasteiger partial charge in [0.25, 0.3) is 11.8 Å². The molecule has 0 fully saturated rings. The van der Waals surface area contributed by atoms with Crippen molar-refractivity contribution in [1.29, 1.82) is 0 Å². The molecule has 0 aliphatic heterocycles. The first-order chi connectivity index (χ1) is 17.6. The Labute approximate surface area is 222 Å². The molecular weight excluding hydrogens is 498 g/mol. The van der Waals surface area contributed by atoms with Crippen molar-refractivity contribution in [3.63, 3.8) is 0 Å². The number of aliphatic hydroxyl groups excluding tert-OH is 2. The molecule has 0 radical (unpaired) electrons. The summed E-state index contributed by atoms with van der Waals surface area (Å²) in [5, 5.41) is 24.1. The summed E-state index contributed by atoms with van der Waals surface area (Å²) in [5.74, 6) is -1.69. The van der Waals surface area contributed by atoms with Crippen LogP contribution in [0.3, 0.4) is 0 Å². The standard InChI is InChI=1S/C28H38F2N2O4S/c1-5-8-32(9-6-2)28(36)21-12-18(3)11-20(16-21)27(35)31-24(26(34)25(33)7-10-37-4)15-19-13-22(29)17-23(30)14-19/h11-14,16-17,24-26,33-34H,5-10,15H2,1-4H3,(H,31,35). The molecule has 0 heterocycles. The monoisotopic (exact) mass is 536 g/mol. The average molecular weight is 537 g/mol. The molecule has 0 aliphatic carbocycles. The Balaban J connectivity index is 2.34.